The monoisotopic (exact) mass is 291 g/mol. The van der Waals surface area contributed by atoms with Gasteiger partial charge in [0.25, 0.3) is 0 Å². The van der Waals surface area contributed by atoms with E-state index in [1.165, 1.54) is 32.1 Å². The van der Waals surface area contributed by atoms with Gasteiger partial charge in [0.2, 0.25) is 0 Å². The molecule has 3 nitrogen and oxygen atoms in total. The van der Waals surface area contributed by atoms with Gasteiger partial charge in [-0.15, -0.1) is 0 Å². The van der Waals surface area contributed by atoms with E-state index < -0.39 is 0 Å². The van der Waals surface area contributed by atoms with E-state index in [-0.39, 0.29) is 7.43 Å². The first-order valence-electron chi connectivity index (χ1n) is 7.92. The summed E-state index contributed by atoms with van der Waals surface area (Å²) in [5.74, 6) is 0. The minimum Gasteiger partial charge on any atom is -0.297 e. The first-order valence-corrected chi connectivity index (χ1v) is 7.92. The molecule has 0 radical (unpaired) electrons. The van der Waals surface area contributed by atoms with Gasteiger partial charge in [-0.2, -0.15) is 0 Å². The Kier molecular flexibility index (Phi) is 33.6. The molecular weight excluding hydrogens is 246 g/mol. The van der Waals surface area contributed by atoms with E-state index in [9.17, 15) is 0 Å². The molecule has 0 aromatic rings. The van der Waals surface area contributed by atoms with Crippen molar-refractivity contribution in [2.24, 2.45) is 0 Å². The van der Waals surface area contributed by atoms with Crippen LogP contribution in [0.4, 0.5) is 0 Å². The molecule has 0 aliphatic carbocycles. The van der Waals surface area contributed by atoms with Crippen LogP contribution in [0, 0.1) is 0 Å². The lowest BCUT2D eigenvalue weighted by Gasteiger charge is -2.24. The molecule has 0 bridgehead atoms. The highest BCUT2D eigenvalue weighted by molar-refractivity contribution is 4.45. The molecule has 0 atom stereocenters. The highest BCUT2D eigenvalue weighted by Crippen LogP contribution is 2.00. The maximum atomic E-state index is 2.25. The summed E-state index contributed by atoms with van der Waals surface area (Å²) in [6.45, 7) is 10.5. The van der Waals surface area contributed by atoms with Crippen molar-refractivity contribution < 1.29 is 0 Å². The molecular formula is C17H45N3. The van der Waals surface area contributed by atoms with E-state index in [1.807, 2.05) is 13.8 Å². The number of nitrogens with zero attached hydrogens (tertiary/aromatic N) is 3. The smallest absolute Gasteiger partial charge is 0.0509 e. The number of hydrogen-bond acceptors (Lipinski definition) is 3. The molecule has 0 aliphatic heterocycles. The van der Waals surface area contributed by atoms with Gasteiger partial charge in [0.05, 0.1) is 13.3 Å². The minimum absolute atomic E-state index is 0. The summed E-state index contributed by atoms with van der Waals surface area (Å²) in [5, 5.41) is 0. The van der Waals surface area contributed by atoms with Crippen molar-refractivity contribution in [3.8, 4) is 0 Å². The van der Waals surface area contributed by atoms with Gasteiger partial charge in [-0.05, 0) is 35.2 Å². The molecule has 0 aliphatic rings. The molecule has 0 saturated carbocycles. The van der Waals surface area contributed by atoms with Crippen molar-refractivity contribution in [1.29, 1.82) is 0 Å². The van der Waals surface area contributed by atoms with E-state index in [0.717, 1.165) is 13.3 Å². The van der Waals surface area contributed by atoms with Crippen molar-refractivity contribution in [3.63, 3.8) is 0 Å². The van der Waals surface area contributed by atoms with Crippen LogP contribution >= 0.6 is 0 Å². The van der Waals surface area contributed by atoms with Gasteiger partial charge in [-0.3, -0.25) is 14.7 Å². The molecule has 3 heteroatoms. The van der Waals surface area contributed by atoms with E-state index in [4.69, 9.17) is 0 Å². The van der Waals surface area contributed by atoms with Crippen LogP contribution in [0.15, 0.2) is 0 Å². The van der Waals surface area contributed by atoms with Crippen LogP contribution in [0.1, 0.15) is 67.2 Å². The maximum Gasteiger partial charge on any atom is 0.0509 e. The number of unbranched alkanes of at least 4 members (excludes halogenated alkanes) is 4. The Bertz CT molecular complexity index is 122. The molecule has 0 amide bonds. The molecule has 0 aromatic carbocycles. The largest absolute Gasteiger partial charge is 0.297 e. The van der Waals surface area contributed by atoms with Gasteiger partial charge in [0, 0.05) is 0 Å². The third-order valence-corrected chi connectivity index (χ3v) is 2.26. The second-order valence-electron chi connectivity index (χ2n) is 5.36. The van der Waals surface area contributed by atoms with Crippen LogP contribution in [0.3, 0.4) is 0 Å². The topological polar surface area (TPSA) is 9.72 Å². The fourth-order valence-corrected chi connectivity index (χ4v) is 1.69. The fraction of sp³-hybridized carbons (Fsp3) is 1.00. The van der Waals surface area contributed by atoms with E-state index in [0.29, 0.717) is 0 Å². The highest BCUT2D eigenvalue weighted by atomic mass is 15.3. The van der Waals surface area contributed by atoms with Crippen LogP contribution in [0.2, 0.25) is 0 Å². The third-order valence-electron chi connectivity index (χ3n) is 2.26. The van der Waals surface area contributed by atoms with Gasteiger partial charge in [-0.25, -0.2) is 0 Å². The SMILES string of the molecule is C.CC.CCCCCCC.CN(C)CN(C)CN(C)C. The second kappa shape index (κ2) is 23.9. The van der Waals surface area contributed by atoms with Crippen molar-refractivity contribution in [2.75, 3.05) is 48.6 Å². The Balaban J connectivity index is -0.000000113. The molecule has 0 rings (SSSR count). The van der Waals surface area contributed by atoms with Crippen molar-refractivity contribution in [3.05, 3.63) is 0 Å². The first-order chi connectivity index (χ1) is 8.93. The summed E-state index contributed by atoms with van der Waals surface area (Å²) in [7, 11) is 10.4. The summed E-state index contributed by atoms with van der Waals surface area (Å²) in [4.78, 5) is 6.56. The Labute approximate surface area is 131 Å². The highest BCUT2D eigenvalue weighted by Gasteiger charge is 1.98. The van der Waals surface area contributed by atoms with Crippen LogP contribution in [-0.2, 0) is 0 Å². The second-order valence-corrected chi connectivity index (χ2v) is 5.36. The van der Waals surface area contributed by atoms with Gasteiger partial charge in [0.1, 0.15) is 0 Å². The minimum atomic E-state index is 0. The maximum absolute atomic E-state index is 2.25. The first kappa shape index (κ1) is 28.1. The number of hydrogen-bond donors (Lipinski definition) is 0. The Morgan fingerprint density at radius 3 is 1.10 bits per heavy atom. The van der Waals surface area contributed by atoms with Gasteiger partial charge < -0.3 is 0 Å². The summed E-state index contributed by atoms with van der Waals surface area (Å²) in [6, 6.07) is 0. The van der Waals surface area contributed by atoms with Crippen LogP contribution in [-0.4, -0.2) is 63.3 Å². The molecule has 20 heavy (non-hydrogen) atoms. The summed E-state index contributed by atoms with van der Waals surface area (Å²) in [5.41, 5.74) is 0. The Morgan fingerprint density at radius 1 is 0.600 bits per heavy atom. The average Bonchev–Trinajstić information content (AvgIpc) is 2.31. The fourth-order valence-electron chi connectivity index (χ4n) is 1.69. The average molecular weight is 292 g/mol. The molecule has 0 unspecified atom stereocenters. The van der Waals surface area contributed by atoms with E-state index >= 15 is 0 Å². The zero-order valence-corrected chi connectivity index (χ0v) is 15.3. The molecule has 0 spiro atoms. The quantitative estimate of drug-likeness (QED) is 0.478. The predicted octanol–water partition coefficient (Wildman–Crippen LogP) is 4.60. The van der Waals surface area contributed by atoms with Crippen molar-refractivity contribution in [2.45, 2.75) is 67.2 Å². The lowest BCUT2D eigenvalue weighted by atomic mass is 10.2. The molecule has 0 aromatic heterocycles. The summed E-state index contributed by atoms with van der Waals surface area (Å²) in [6.07, 6.45) is 7.01. The lowest BCUT2D eigenvalue weighted by Crippen LogP contribution is -2.36. The molecule has 0 N–H and O–H groups in total. The zero-order valence-electron chi connectivity index (χ0n) is 15.3. The van der Waals surface area contributed by atoms with Crippen molar-refractivity contribution in [1.82, 2.24) is 14.7 Å². The normalized spacial score (nSPS) is 9.60. The number of rotatable bonds is 8. The van der Waals surface area contributed by atoms with Crippen LogP contribution in [0.25, 0.3) is 0 Å². The van der Waals surface area contributed by atoms with E-state index in [2.05, 4.69) is 63.8 Å². The molecule has 128 valence electrons. The zero-order chi connectivity index (χ0) is 15.7. The van der Waals surface area contributed by atoms with Crippen molar-refractivity contribution >= 4 is 0 Å². The van der Waals surface area contributed by atoms with Gasteiger partial charge in [0.15, 0.2) is 0 Å². The standard InChI is InChI=1S/C7H19N3.C7H16.C2H6.CH4/c1-8(2)6-10(5)7-9(3)4;1-3-5-7-6-4-2;1-2;/h6-7H2,1-5H3;3-7H2,1-2H3;1-2H3;1H4. The Morgan fingerprint density at radius 2 is 0.900 bits per heavy atom. The Hall–Kier alpha value is -0.120. The molecule has 0 saturated heterocycles. The summed E-state index contributed by atoms with van der Waals surface area (Å²) < 4.78 is 0. The third kappa shape index (κ3) is 36.1. The predicted molar refractivity (Wildman–Crippen MR) is 97.4 cm³/mol. The van der Waals surface area contributed by atoms with Crippen LogP contribution < -0.4 is 0 Å². The van der Waals surface area contributed by atoms with E-state index in [1.54, 1.807) is 0 Å². The molecule has 0 heterocycles. The van der Waals surface area contributed by atoms with Gasteiger partial charge >= 0.3 is 0 Å². The molecule has 0 fully saturated rings. The lowest BCUT2D eigenvalue weighted by molar-refractivity contribution is 0.147. The van der Waals surface area contributed by atoms with Crippen LogP contribution in [0.5, 0.6) is 0 Å². The summed E-state index contributed by atoms with van der Waals surface area (Å²) >= 11 is 0. The van der Waals surface area contributed by atoms with Gasteiger partial charge in [-0.1, -0.05) is 67.2 Å².